The van der Waals surface area contributed by atoms with Crippen molar-refractivity contribution in [3.05, 3.63) is 52.8 Å². The number of nitrogens with zero attached hydrogens (tertiary/aromatic N) is 6. The van der Waals surface area contributed by atoms with Gasteiger partial charge in [0, 0.05) is 30.1 Å². The molecule has 0 bridgehead atoms. The summed E-state index contributed by atoms with van der Waals surface area (Å²) < 4.78 is 0.626. The van der Waals surface area contributed by atoms with Crippen LogP contribution in [-0.4, -0.2) is 26.7 Å². The van der Waals surface area contributed by atoms with Crippen LogP contribution in [0.15, 0.2) is 51.5 Å². The van der Waals surface area contributed by atoms with Crippen LogP contribution in [0.25, 0.3) is 0 Å². The van der Waals surface area contributed by atoms with Crippen LogP contribution >= 0.6 is 23.1 Å². The normalized spacial score (nSPS) is 20.3. The molecule has 0 amide bonds. The van der Waals surface area contributed by atoms with Gasteiger partial charge in [0.1, 0.15) is 5.82 Å². The summed E-state index contributed by atoms with van der Waals surface area (Å²) >= 11 is 2.57. The van der Waals surface area contributed by atoms with Gasteiger partial charge >= 0.3 is 0 Å². The Balaban J connectivity index is 1.91. The smallest absolute Gasteiger partial charge is 0.219 e. The Labute approximate surface area is 188 Å². The molecule has 1 aliphatic heterocycles. The van der Waals surface area contributed by atoms with E-state index >= 15 is 0 Å². The maximum Gasteiger partial charge on any atom is 0.219 e. The Morgan fingerprint density at radius 1 is 1.35 bits per heavy atom. The number of anilines is 1. The number of hydrogen-bond acceptors (Lipinski definition) is 10. The number of Topliss-reactive ketones (excluding diaryl/α,β-unsaturated/α-hetero) is 1. The Kier molecular flexibility index (Phi) is 5.52. The summed E-state index contributed by atoms with van der Waals surface area (Å²) in [6.07, 6.45) is 4.31. The van der Waals surface area contributed by atoms with E-state index in [9.17, 15) is 10.1 Å². The average Bonchev–Trinajstić information content (AvgIpc) is 3.19. The molecular weight excluding hydrogens is 430 g/mol. The summed E-state index contributed by atoms with van der Waals surface area (Å²) in [5.41, 5.74) is 8.64. The van der Waals surface area contributed by atoms with E-state index in [1.807, 2.05) is 19.9 Å². The molecule has 2 aliphatic rings. The summed E-state index contributed by atoms with van der Waals surface area (Å²) in [5.74, 6) is -0.0668. The van der Waals surface area contributed by atoms with E-state index in [0.29, 0.717) is 33.5 Å². The third-order valence-electron chi connectivity index (χ3n) is 5.25. The van der Waals surface area contributed by atoms with E-state index in [1.54, 1.807) is 23.4 Å². The highest BCUT2D eigenvalue weighted by Crippen LogP contribution is 2.50. The number of hydrogen-bond donors (Lipinski definition) is 1. The Morgan fingerprint density at radius 3 is 2.84 bits per heavy atom. The number of nitrogens with two attached hydrogens (primary N) is 1. The van der Waals surface area contributed by atoms with Gasteiger partial charge in [0.2, 0.25) is 5.13 Å². The van der Waals surface area contributed by atoms with Crippen molar-refractivity contribution in [2.75, 3.05) is 10.7 Å². The van der Waals surface area contributed by atoms with Gasteiger partial charge in [-0.25, -0.2) is 0 Å². The highest BCUT2D eigenvalue weighted by molar-refractivity contribution is 8.01. The molecule has 0 aromatic carbocycles. The van der Waals surface area contributed by atoms with Crippen LogP contribution in [0.5, 0.6) is 0 Å². The molecule has 1 atom stereocenters. The predicted octanol–water partition coefficient (Wildman–Crippen LogP) is 3.49. The molecule has 156 valence electrons. The Bertz CT molecular complexity index is 1180. The third-order valence-corrected chi connectivity index (χ3v) is 7.15. The van der Waals surface area contributed by atoms with Crippen molar-refractivity contribution in [3.8, 4) is 12.1 Å². The molecule has 0 saturated carbocycles. The van der Waals surface area contributed by atoms with Crippen LogP contribution in [0.3, 0.4) is 0 Å². The van der Waals surface area contributed by atoms with Gasteiger partial charge in [-0.2, -0.15) is 10.5 Å². The molecule has 31 heavy (non-hydrogen) atoms. The van der Waals surface area contributed by atoms with Crippen molar-refractivity contribution in [3.63, 3.8) is 0 Å². The summed E-state index contributed by atoms with van der Waals surface area (Å²) in [6, 6.07) is 7.94. The topological polar surface area (TPSA) is 133 Å². The number of aromatic nitrogens is 3. The number of carbonyl (C=O) groups is 1. The van der Waals surface area contributed by atoms with Gasteiger partial charge in [-0.15, -0.1) is 10.2 Å². The molecular formula is C21H19N7OS2. The molecule has 0 fully saturated rings. The zero-order chi connectivity index (χ0) is 22.2. The number of pyridine rings is 1. The van der Waals surface area contributed by atoms with Gasteiger partial charge < -0.3 is 5.73 Å². The fraction of sp³-hybridized carbons (Fsp3) is 0.333. The SMILES string of the molecule is CC1(C)CC(=O)C2=C(C1)N(c1nnc(SCC#N)s1)C(N)=C(C#N)C2c1cccnc1. The largest absolute Gasteiger partial charge is 0.384 e. The zero-order valence-corrected chi connectivity index (χ0v) is 18.6. The molecule has 2 N–H and O–H groups in total. The average molecular weight is 450 g/mol. The van der Waals surface area contributed by atoms with Gasteiger partial charge in [0.15, 0.2) is 10.1 Å². The first-order valence-electron chi connectivity index (χ1n) is 9.55. The van der Waals surface area contributed by atoms with Crippen LogP contribution in [0.4, 0.5) is 5.13 Å². The van der Waals surface area contributed by atoms with E-state index in [1.165, 1.54) is 23.1 Å². The number of carbonyl (C=O) groups excluding carboxylic acids is 1. The first-order chi connectivity index (χ1) is 14.9. The molecule has 2 aromatic rings. The van der Waals surface area contributed by atoms with E-state index in [0.717, 1.165) is 11.3 Å². The Hall–Kier alpha value is -3.21. The molecule has 2 aromatic heterocycles. The standard InChI is InChI=1S/C21H19N7OS2/c1-21(2)8-14-17(15(29)9-21)16(12-4-3-6-25-11-12)13(10-23)18(24)28(14)19-26-27-20(31-19)30-7-5-22/h3-4,6,11,16H,7-9,24H2,1-2H3. The van der Waals surface area contributed by atoms with Gasteiger partial charge in [-0.3, -0.25) is 14.7 Å². The monoisotopic (exact) mass is 449 g/mol. The van der Waals surface area contributed by atoms with Crippen molar-refractivity contribution in [1.29, 1.82) is 10.5 Å². The van der Waals surface area contributed by atoms with Gasteiger partial charge in [0.25, 0.3) is 0 Å². The summed E-state index contributed by atoms with van der Waals surface area (Å²) in [4.78, 5) is 19.3. The highest BCUT2D eigenvalue weighted by atomic mass is 32.2. The van der Waals surface area contributed by atoms with Crippen molar-refractivity contribution >= 4 is 34.0 Å². The second-order valence-corrected chi connectivity index (χ2v) is 10.2. The van der Waals surface area contributed by atoms with Crippen LogP contribution in [-0.2, 0) is 4.79 Å². The lowest BCUT2D eigenvalue weighted by molar-refractivity contribution is -0.118. The number of nitriles is 2. The molecule has 0 spiro atoms. The van der Waals surface area contributed by atoms with Crippen molar-refractivity contribution < 1.29 is 4.79 Å². The number of ketones is 1. The lowest BCUT2D eigenvalue weighted by Gasteiger charge is -2.42. The van der Waals surface area contributed by atoms with Crippen molar-refractivity contribution in [1.82, 2.24) is 15.2 Å². The van der Waals surface area contributed by atoms with E-state index < -0.39 is 5.92 Å². The van der Waals surface area contributed by atoms with Crippen LogP contribution in [0.1, 0.15) is 38.2 Å². The minimum atomic E-state index is -0.561. The molecule has 1 aliphatic carbocycles. The second kappa shape index (κ2) is 8.14. The van der Waals surface area contributed by atoms with Gasteiger partial charge in [-0.1, -0.05) is 43.0 Å². The molecule has 8 nitrogen and oxygen atoms in total. The second-order valence-electron chi connectivity index (χ2n) is 8.06. The Morgan fingerprint density at radius 2 is 2.16 bits per heavy atom. The van der Waals surface area contributed by atoms with Crippen LogP contribution < -0.4 is 10.6 Å². The predicted molar refractivity (Wildman–Crippen MR) is 118 cm³/mol. The van der Waals surface area contributed by atoms with Crippen molar-refractivity contribution in [2.24, 2.45) is 11.1 Å². The zero-order valence-electron chi connectivity index (χ0n) is 17.0. The lowest BCUT2D eigenvalue weighted by atomic mass is 9.69. The molecule has 0 saturated heterocycles. The fourth-order valence-corrected chi connectivity index (χ4v) is 5.59. The minimum absolute atomic E-state index is 0.00560. The number of rotatable bonds is 4. The highest BCUT2D eigenvalue weighted by Gasteiger charge is 2.45. The summed E-state index contributed by atoms with van der Waals surface area (Å²) in [7, 11) is 0. The minimum Gasteiger partial charge on any atom is -0.384 e. The molecule has 1 unspecified atom stereocenters. The number of thioether (sulfide) groups is 1. The van der Waals surface area contributed by atoms with E-state index in [2.05, 4.69) is 27.3 Å². The molecule has 0 radical (unpaired) electrons. The first kappa shape index (κ1) is 21.0. The lowest BCUT2D eigenvalue weighted by Crippen LogP contribution is -2.42. The third kappa shape index (κ3) is 3.80. The molecule has 10 heteroatoms. The fourth-order valence-electron chi connectivity index (χ4n) is 4.05. The van der Waals surface area contributed by atoms with Crippen LogP contribution in [0.2, 0.25) is 0 Å². The molecule has 4 rings (SSSR count). The van der Waals surface area contributed by atoms with E-state index in [-0.39, 0.29) is 22.8 Å². The maximum absolute atomic E-state index is 13.4. The first-order valence-corrected chi connectivity index (χ1v) is 11.4. The summed E-state index contributed by atoms with van der Waals surface area (Å²) in [6.45, 7) is 4.08. The number of allylic oxidation sites excluding steroid dienone is 3. The quantitative estimate of drug-likeness (QED) is 0.696. The van der Waals surface area contributed by atoms with E-state index in [4.69, 9.17) is 11.0 Å². The van der Waals surface area contributed by atoms with Crippen molar-refractivity contribution in [2.45, 2.75) is 36.9 Å². The summed E-state index contributed by atoms with van der Waals surface area (Å²) in [5, 5.41) is 27.7. The van der Waals surface area contributed by atoms with Crippen LogP contribution in [0, 0.1) is 28.1 Å². The molecule has 3 heterocycles. The van der Waals surface area contributed by atoms with Gasteiger partial charge in [-0.05, 0) is 23.5 Å². The maximum atomic E-state index is 13.4. The van der Waals surface area contributed by atoms with Gasteiger partial charge in [0.05, 0.1) is 29.4 Å².